The van der Waals surface area contributed by atoms with E-state index in [2.05, 4.69) is 10.2 Å². The van der Waals surface area contributed by atoms with Gasteiger partial charge in [-0.25, -0.2) is 0 Å². The molecule has 0 saturated carbocycles. The Bertz CT molecular complexity index is 406. The Hall–Kier alpha value is -1.51. The molecular weight excluding hydrogens is 152 g/mol. The summed E-state index contributed by atoms with van der Waals surface area (Å²) in [7, 11) is 1.63. The highest BCUT2D eigenvalue weighted by atomic mass is 16.5. The summed E-state index contributed by atoms with van der Waals surface area (Å²) in [4.78, 5) is 0. The van der Waals surface area contributed by atoms with Crippen LogP contribution in [-0.4, -0.2) is 17.3 Å². The Morgan fingerprint density at radius 2 is 2.25 bits per heavy atom. The number of H-pyrrole nitrogens is 1. The van der Waals surface area contributed by atoms with Crippen molar-refractivity contribution >= 4 is 10.9 Å². The fourth-order valence-corrected chi connectivity index (χ4v) is 1.36. The maximum absolute atomic E-state index is 5.11. The maximum Gasteiger partial charge on any atom is 0.240 e. The average molecular weight is 162 g/mol. The summed E-state index contributed by atoms with van der Waals surface area (Å²) in [6, 6.07) is 6.02. The lowest BCUT2D eigenvalue weighted by Crippen LogP contribution is -1.83. The van der Waals surface area contributed by atoms with Crippen LogP contribution in [0.25, 0.3) is 10.9 Å². The van der Waals surface area contributed by atoms with Crippen molar-refractivity contribution in [3.05, 3.63) is 23.8 Å². The summed E-state index contributed by atoms with van der Waals surface area (Å²) in [5.74, 6) is 0.670. The number of methoxy groups -OCH3 is 1. The molecule has 2 rings (SSSR count). The first-order valence-corrected chi connectivity index (χ1v) is 3.80. The molecule has 0 atom stereocenters. The molecule has 2 aromatic rings. The van der Waals surface area contributed by atoms with Gasteiger partial charge in [-0.15, -0.1) is 5.10 Å². The quantitative estimate of drug-likeness (QED) is 0.695. The third kappa shape index (κ3) is 0.863. The minimum absolute atomic E-state index is 0.670. The maximum atomic E-state index is 5.11. The SMILES string of the molecule is COc1n[nH]c2cccc(C)c12. The monoisotopic (exact) mass is 162 g/mol. The number of ether oxygens (including phenoxy) is 1. The molecule has 0 bridgehead atoms. The van der Waals surface area contributed by atoms with Crippen molar-refractivity contribution in [3.63, 3.8) is 0 Å². The molecule has 3 heteroatoms. The second kappa shape index (κ2) is 2.52. The number of hydrogen-bond acceptors (Lipinski definition) is 2. The molecule has 12 heavy (non-hydrogen) atoms. The number of rotatable bonds is 1. The summed E-state index contributed by atoms with van der Waals surface area (Å²) in [6.45, 7) is 2.04. The number of hydrogen-bond donors (Lipinski definition) is 1. The zero-order chi connectivity index (χ0) is 8.55. The molecular formula is C9H10N2O. The first kappa shape index (κ1) is 7.16. The summed E-state index contributed by atoms with van der Waals surface area (Å²) in [5.41, 5.74) is 2.20. The van der Waals surface area contributed by atoms with Crippen LogP contribution in [0.3, 0.4) is 0 Å². The molecule has 62 valence electrons. The third-order valence-corrected chi connectivity index (χ3v) is 1.96. The lowest BCUT2D eigenvalue weighted by Gasteiger charge is -1.96. The lowest BCUT2D eigenvalue weighted by atomic mass is 10.1. The van der Waals surface area contributed by atoms with Crippen molar-refractivity contribution in [3.8, 4) is 5.88 Å². The van der Waals surface area contributed by atoms with E-state index >= 15 is 0 Å². The molecule has 0 unspecified atom stereocenters. The number of fused-ring (bicyclic) bond motifs is 1. The summed E-state index contributed by atoms with van der Waals surface area (Å²) >= 11 is 0. The largest absolute Gasteiger partial charge is 0.479 e. The standard InChI is InChI=1S/C9H10N2O/c1-6-4-3-5-7-8(6)9(12-2)11-10-7/h3-5H,1-2H3,(H,10,11). The molecule has 0 radical (unpaired) electrons. The van der Waals surface area contributed by atoms with Gasteiger partial charge in [-0.2, -0.15) is 0 Å². The number of aryl methyl sites for hydroxylation is 1. The van der Waals surface area contributed by atoms with Gasteiger partial charge in [-0.1, -0.05) is 12.1 Å². The summed E-state index contributed by atoms with van der Waals surface area (Å²) < 4.78 is 5.11. The lowest BCUT2D eigenvalue weighted by molar-refractivity contribution is 0.401. The molecule has 0 saturated heterocycles. The van der Waals surface area contributed by atoms with E-state index in [1.54, 1.807) is 7.11 Å². The van der Waals surface area contributed by atoms with Gasteiger partial charge in [0.15, 0.2) is 0 Å². The molecule has 0 aliphatic rings. The van der Waals surface area contributed by atoms with Crippen LogP contribution in [0.4, 0.5) is 0 Å². The summed E-state index contributed by atoms with van der Waals surface area (Å²) in [6.07, 6.45) is 0. The second-order valence-corrected chi connectivity index (χ2v) is 2.73. The Kier molecular flexibility index (Phi) is 1.50. The smallest absolute Gasteiger partial charge is 0.240 e. The van der Waals surface area contributed by atoms with Gasteiger partial charge in [0.05, 0.1) is 18.0 Å². The molecule has 1 heterocycles. The van der Waals surface area contributed by atoms with Crippen molar-refractivity contribution in [2.75, 3.05) is 7.11 Å². The average Bonchev–Trinajstić information content (AvgIpc) is 2.49. The van der Waals surface area contributed by atoms with Crippen molar-refractivity contribution < 1.29 is 4.74 Å². The fraction of sp³-hybridized carbons (Fsp3) is 0.222. The first-order valence-electron chi connectivity index (χ1n) is 3.80. The van der Waals surface area contributed by atoms with Gasteiger partial charge in [0.2, 0.25) is 5.88 Å². The molecule has 0 fully saturated rings. The van der Waals surface area contributed by atoms with Gasteiger partial charge in [0, 0.05) is 0 Å². The number of aromatic amines is 1. The first-order chi connectivity index (χ1) is 5.83. The van der Waals surface area contributed by atoms with Gasteiger partial charge >= 0.3 is 0 Å². The predicted molar refractivity (Wildman–Crippen MR) is 47.4 cm³/mol. The Morgan fingerprint density at radius 1 is 1.42 bits per heavy atom. The van der Waals surface area contributed by atoms with E-state index in [0.717, 1.165) is 10.9 Å². The van der Waals surface area contributed by atoms with Crippen molar-refractivity contribution in [2.45, 2.75) is 6.92 Å². The van der Waals surface area contributed by atoms with Crippen molar-refractivity contribution in [2.24, 2.45) is 0 Å². The number of aromatic nitrogens is 2. The van der Waals surface area contributed by atoms with Crippen LogP contribution < -0.4 is 4.74 Å². The van der Waals surface area contributed by atoms with Crippen LogP contribution in [0.15, 0.2) is 18.2 Å². The predicted octanol–water partition coefficient (Wildman–Crippen LogP) is 1.88. The van der Waals surface area contributed by atoms with Gasteiger partial charge in [-0.3, -0.25) is 5.10 Å². The van der Waals surface area contributed by atoms with E-state index in [0.29, 0.717) is 5.88 Å². The van der Waals surface area contributed by atoms with Crippen molar-refractivity contribution in [1.82, 2.24) is 10.2 Å². The zero-order valence-electron chi connectivity index (χ0n) is 7.09. The van der Waals surface area contributed by atoms with Crippen LogP contribution in [-0.2, 0) is 0 Å². The molecule has 0 amide bonds. The van der Waals surface area contributed by atoms with Crippen LogP contribution >= 0.6 is 0 Å². The molecule has 0 aliphatic carbocycles. The second-order valence-electron chi connectivity index (χ2n) is 2.73. The molecule has 3 nitrogen and oxygen atoms in total. The van der Waals surface area contributed by atoms with Crippen LogP contribution in [0.1, 0.15) is 5.56 Å². The molecule has 1 aromatic heterocycles. The highest BCUT2D eigenvalue weighted by molar-refractivity contribution is 5.87. The van der Waals surface area contributed by atoms with Crippen LogP contribution in [0.5, 0.6) is 5.88 Å². The van der Waals surface area contributed by atoms with Gasteiger partial charge in [0.25, 0.3) is 0 Å². The topological polar surface area (TPSA) is 37.9 Å². The number of benzene rings is 1. The van der Waals surface area contributed by atoms with Crippen molar-refractivity contribution in [1.29, 1.82) is 0 Å². The molecule has 1 aromatic carbocycles. The van der Waals surface area contributed by atoms with Crippen LogP contribution in [0, 0.1) is 6.92 Å². The van der Waals surface area contributed by atoms with Crippen LogP contribution in [0.2, 0.25) is 0 Å². The Labute approximate surface area is 70.4 Å². The highest BCUT2D eigenvalue weighted by Gasteiger charge is 2.06. The normalized spacial score (nSPS) is 10.5. The van der Waals surface area contributed by atoms with E-state index in [1.165, 1.54) is 5.56 Å². The Morgan fingerprint density at radius 3 is 3.00 bits per heavy atom. The molecule has 0 spiro atoms. The van der Waals surface area contributed by atoms with Gasteiger partial charge in [-0.05, 0) is 18.6 Å². The minimum atomic E-state index is 0.670. The number of nitrogens with zero attached hydrogens (tertiary/aromatic N) is 1. The third-order valence-electron chi connectivity index (χ3n) is 1.96. The van der Waals surface area contributed by atoms with E-state index in [9.17, 15) is 0 Å². The molecule has 0 aliphatic heterocycles. The Balaban J connectivity index is 2.83. The molecule has 1 N–H and O–H groups in total. The van der Waals surface area contributed by atoms with E-state index in [4.69, 9.17) is 4.74 Å². The fourth-order valence-electron chi connectivity index (χ4n) is 1.36. The van der Waals surface area contributed by atoms with E-state index in [-0.39, 0.29) is 0 Å². The van der Waals surface area contributed by atoms with E-state index < -0.39 is 0 Å². The highest BCUT2D eigenvalue weighted by Crippen LogP contribution is 2.24. The minimum Gasteiger partial charge on any atom is -0.479 e. The van der Waals surface area contributed by atoms with Gasteiger partial charge < -0.3 is 4.74 Å². The van der Waals surface area contributed by atoms with Gasteiger partial charge in [0.1, 0.15) is 0 Å². The number of nitrogens with one attached hydrogen (secondary N) is 1. The summed E-state index contributed by atoms with van der Waals surface area (Å²) in [5, 5.41) is 8.00. The zero-order valence-corrected chi connectivity index (χ0v) is 7.09. The van der Waals surface area contributed by atoms with E-state index in [1.807, 2.05) is 25.1 Å².